The van der Waals surface area contributed by atoms with Gasteiger partial charge in [0.1, 0.15) is 0 Å². The molecule has 0 radical (unpaired) electrons. The molecule has 1 aliphatic rings. The first-order valence-corrected chi connectivity index (χ1v) is 8.21. The van der Waals surface area contributed by atoms with Gasteiger partial charge in [0.15, 0.2) is 0 Å². The molecular weight excluding hydrogens is 248 g/mol. The summed E-state index contributed by atoms with van der Waals surface area (Å²) in [6, 6.07) is 7.62. The van der Waals surface area contributed by atoms with E-state index < -0.39 is 10.0 Å². The van der Waals surface area contributed by atoms with Crippen molar-refractivity contribution < 1.29 is 8.42 Å². The van der Waals surface area contributed by atoms with E-state index in [0.29, 0.717) is 5.69 Å². The van der Waals surface area contributed by atoms with Gasteiger partial charge in [-0.3, -0.25) is 4.72 Å². The van der Waals surface area contributed by atoms with Gasteiger partial charge in [0.05, 0.1) is 6.26 Å². The first-order valence-electron chi connectivity index (χ1n) is 6.32. The molecule has 0 saturated carbocycles. The van der Waals surface area contributed by atoms with Crippen molar-refractivity contribution in [2.75, 3.05) is 30.6 Å². The van der Waals surface area contributed by atoms with Gasteiger partial charge in [-0.15, -0.1) is 0 Å². The van der Waals surface area contributed by atoms with Crippen LogP contribution in [0.25, 0.3) is 0 Å². The van der Waals surface area contributed by atoms with Gasteiger partial charge in [0, 0.05) is 12.2 Å². The molecule has 2 rings (SSSR count). The molecule has 5 heteroatoms. The summed E-state index contributed by atoms with van der Waals surface area (Å²) in [5, 5.41) is 0. The number of hydrogen-bond acceptors (Lipinski definition) is 3. The molecule has 0 bridgehead atoms. The number of nitrogens with zero attached hydrogens (tertiary/aromatic N) is 1. The zero-order valence-corrected chi connectivity index (χ0v) is 11.5. The average Bonchev–Trinajstić information content (AvgIpc) is 2.79. The Morgan fingerprint density at radius 3 is 2.33 bits per heavy atom. The number of hydrogen-bond donors (Lipinski definition) is 1. The largest absolute Gasteiger partial charge is 0.303 e. The molecule has 1 aromatic carbocycles. The summed E-state index contributed by atoms with van der Waals surface area (Å²) in [6.07, 6.45) is 4.82. The lowest BCUT2D eigenvalue weighted by Gasteiger charge is -2.14. The molecule has 4 nitrogen and oxygen atoms in total. The van der Waals surface area contributed by atoms with Crippen LogP contribution in [0.1, 0.15) is 18.4 Å². The molecular formula is C13H20N2O2S. The summed E-state index contributed by atoms with van der Waals surface area (Å²) in [4.78, 5) is 2.47. The molecule has 1 N–H and O–H groups in total. The predicted octanol–water partition coefficient (Wildman–Crippen LogP) is 1.70. The van der Waals surface area contributed by atoms with Gasteiger partial charge < -0.3 is 4.90 Å². The summed E-state index contributed by atoms with van der Waals surface area (Å²) < 4.78 is 24.6. The van der Waals surface area contributed by atoms with Gasteiger partial charge in [0.25, 0.3) is 0 Å². The quantitative estimate of drug-likeness (QED) is 0.884. The summed E-state index contributed by atoms with van der Waals surface area (Å²) >= 11 is 0. The smallest absolute Gasteiger partial charge is 0.229 e. The molecule has 1 saturated heterocycles. The number of anilines is 1. The van der Waals surface area contributed by atoms with Gasteiger partial charge in [-0.2, -0.15) is 0 Å². The Bertz CT molecular complexity index is 476. The van der Waals surface area contributed by atoms with Crippen LogP contribution in [-0.2, 0) is 16.4 Å². The van der Waals surface area contributed by atoms with Crippen molar-refractivity contribution in [2.24, 2.45) is 0 Å². The zero-order valence-electron chi connectivity index (χ0n) is 10.7. The highest BCUT2D eigenvalue weighted by Crippen LogP contribution is 2.13. The minimum atomic E-state index is -3.17. The first-order chi connectivity index (χ1) is 8.53. The van der Waals surface area contributed by atoms with Crippen LogP contribution in [0.5, 0.6) is 0 Å². The fourth-order valence-corrected chi connectivity index (χ4v) is 2.81. The molecule has 0 unspecified atom stereocenters. The van der Waals surface area contributed by atoms with E-state index >= 15 is 0 Å². The van der Waals surface area contributed by atoms with Crippen molar-refractivity contribution in [2.45, 2.75) is 19.3 Å². The highest BCUT2D eigenvalue weighted by Gasteiger charge is 2.10. The van der Waals surface area contributed by atoms with Crippen LogP contribution in [0.4, 0.5) is 5.69 Å². The molecule has 1 fully saturated rings. The SMILES string of the molecule is CS(=O)(=O)Nc1ccc(CCN2CCCC2)cc1. The average molecular weight is 268 g/mol. The molecule has 0 amide bonds. The lowest BCUT2D eigenvalue weighted by molar-refractivity contribution is 0.343. The second-order valence-electron chi connectivity index (χ2n) is 4.87. The molecule has 0 aromatic heterocycles. The topological polar surface area (TPSA) is 49.4 Å². The molecule has 0 aliphatic carbocycles. The van der Waals surface area contributed by atoms with Crippen molar-refractivity contribution in [1.29, 1.82) is 0 Å². The van der Waals surface area contributed by atoms with Crippen LogP contribution in [0, 0.1) is 0 Å². The third-order valence-corrected chi connectivity index (χ3v) is 3.78. The Kier molecular flexibility index (Phi) is 4.24. The normalized spacial score (nSPS) is 16.9. The highest BCUT2D eigenvalue weighted by atomic mass is 32.2. The van der Waals surface area contributed by atoms with Crippen molar-refractivity contribution in [3.05, 3.63) is 29.8 Å². The van der Waals surface area contributed by atoms with Gasteiger partial charge in [-0.05, 0) is 50.0 Å². The standard InChI is InChI=1S/C13H20N2O2S/c1-18(16,17)14-13-6-4-12(5-7-13)8-11-15-9-2-3-10-15/h4-7,14H,2-3,8-11H2,1H3. The second-order valence-corrected chi connectivity index (χ2v) is 6.62. The van der Waals surface area contributed by atoms with Gasteiger partial charge in [-0.1, -0.05) is 12.1 Å². The van der Waals surface area contributed by atoms with E-state index in [9.17, 15) is 8.42 Å². The van der Waals surface area contributed by atoms with Crippen molar-refractivity contribution in [1.82, 2.24) is 4.90 Å². The third kappa shape index (κ3) is 4.31. The molecule has 0 atom stereocenters. The zero-order chi connectivity index (χ0) is 13.0. The van der Waals surface area contributed by atoms with E-state index in [1.54, 1.807) is 0 Å². The number of benzene rings is 1. The fourth-order valence-electron chi connectivity index (χ4n) is 2.25. The maximum absolute atomic E-state index is 11.1. The van der Waals surface area contributed by atoms with Crippen LogP contribution in [0.2, 0.25) is 0 Å². The summed E-state index contributed by atoms with van der Waals surface area (Å²) in [5.74, 6) is 0. The Hall–Kier alpha value is -1.07. The minimum Gasteiger partial charge on any atom is -0.303 e. The van der Waals surface area contributed by atoms with Crippen molar-refractivity contribution >= 4 is 15.7 Å². The van der Waals surface area contributed by atoms with Crippen LogP contribution >= 0.6 is 0 Å². The Morgan fingerprint density at radius 1 is 1.17 bits per heavy atom. The van der Waals surface area contributed by atoms with Gasteiger partial charge >= 0.3 is 0 Å². The Balaban J connectivity index is 1.87. The van der Waals surface area contributed by atoms with Crippen molar-refractivity contribution in [3.8, 4) is 0 Å². The van der Waals surface area contributed by atoms with E-state index in [1.807, 2.05) is 24.3 Å². The Morgan fingerprint density at radius 2 is 1.78 bits per heavy atom. The lowest BCUT2D eigenvalue weighted by Crippen LogP contribution is -2.21. The van der Waals surface area contributed by atoms with E-state index in [0.717, 1.165) is 19.2 Å². The highest BCUT2D eigenvalue weighted by molar-refractivity contribution is 7.92. The Labute approximate surface area is 109 Å². The summed E-state index contributed by atoms with van der Waals surface area (Å²) in [7, 11) is -3.17. The number of sulfonamides is 1. The van der Waals surface area contributed by atoms with Crippen LogP contribution in [0.15, 0.2) is 24.3 Å². The van der Waals surface area contributed by atoms with E-state index in [4.69, 9.17) is 0 Å². The number of rotatable bonds is 5. The lowest BCUT2D eigenvalue weighted by atomic mass is 10.1. The molecule has 18 heavy (non-hydrogen) atoms. The van der Waals surface area contributed by atoms with Crippen LogP contribution < -0.4 is 4.72 Å². The van der Waals surface area contributed by atoms with Crippen LogP contribution in [-0.4, -0.2) is 39.2 Å². The maximum atomic E-state index is 11.1. The number of nitrogens with one attached hydrogen (secondary N) is 1. The monoisotopic (exact) mass is 268 g/mol. The number of likely N-dealkylation sites (tertiary alicyclic amines) is 1. The van der Waals surface area contributed by atoms with E-state index in [-0.39, 0.29) is 0 Å². The fraction of sp³-hybridized carbons (Fsp3) is 0.538. The van der Waals surface area contributed by atoms with E-state index in [1.165, 1.54) is 31.5 Å². The minimum absolute atomic E-state index is 0.627. The molecule has 1 heterocycles. The van der Waals surface area contributed by atoms with Gasteiger partial charge in [0.2, 0.25) is 10.0 Å². The third-order valence-electron chi connectivity index (χ3n) is 3.17. The first kappa shape index (κ1) is 13.4. The molecule has 1 aliphatic heterocycles. The molecule has 100 valence electrons. The molecule has 1 aromatic rings. The molecule has 0 spiro atoms. The van der Waals surface area contributed by atoms with Gasteiger partial charge in [-0.25, -0.2) is 8.42 Å². The van der Waals surface area contributed by atoms with Crippen LogP contribution in [0.3, 0.4) is 0 Å². The predicted molar refractivity (Wildman–Crippen MR) is 74.3 cm³/mol. The van der Waals surface area contributed by atoms with E-state index in [2.05, 4.69) is 9.62 Å². The summed E-state index contributed by atoms with van der Waals surface area (Å²) in [5.41, 5.74) is 1.88. The van der Waals surface area contributed by atoms with Crippen molar-refractivity contribution in [3.63, 3.8) is 0 Å². The second kappa shape index (κ2) is 5.71. The summed E-state index contributed by atoms with van der Waals surface area (Å²) in [6.45, 7) is 3.53. The maximum Gasteiger partial charge on any atom is 0.229 e.